The number of allylic oxidation sites excluding steroid dienone is 1. The Hall–Kier alpha value is -2.99. The molecule has 0 aliphatic carbocycles. The molecular weight excluding hydrogens is 450 g/mol. The van der Waals surface area contributed by atoms with E-state index in [2.05, 4.69) is 72.7 Å². The number of carbonyl (C=O) groups excluding carboxylic acids is 1. The molecule has 6 heteroatoms. The van der Waals surface area contributed by atoms with Crippen LogP contribution in [0.3, 0.4) is 0 Å². The van der Waals surface area contributed by atoms with Gasteiger partial charge < -0.3 is 19.3 Å². The predicted octanol–water partition coefficient (Wildman–Crippen LogP) is 4.98. The van der Waals surface area contributed by atoms with Crippen molar-refractivity contribution in [2.24, 2.45) is 0 Å². The highest BCUT2D eigenvalue weighted by Gasteiger charge is 2.56. The van der Waals surface area contributed by atoms with Crippen LogP contribution in [0.1, 0.15) is 60.5 Å². The van der Waals surface area contributed by atoms with Crippen molar-refractivity contribution in [2.75, 3.05) is 33.9 Å². The molecule has 0 bridgehead atoms. The van der Waals surface area contributed by atoms with E-state index in [0.717, 1.165) is 55.2 Å². The minimum atomic E-state index is -0.317. The van der Waals surface area contributed by atoms with Gasteiger partial charge in [0.1, 0.15) is 22.9 Å². The molecule has 3 aliphatic rings. The van der Waals surface area contributed by atoms with Gasteiger partial charge >= 0.3 is 0 Å². The smallest absolute Gasteiger partial charge is 0.271 e. The molecule has 1 amide bonds. The molecule has 3 aliphatic heterocycles. The number of hydrogen-bond acceptors (Lipinski definition) is 5. The Bertz CT molecular complexity index is 1180. The number of likely N-dealkylation sites (tertiary alicyclic amines) is 1. The number of fused-ring (bicyclic) bond motifs is 3. The summed E-state index contributed by atoms with van der Waals surface area (Å²) in [5, 5.41) is 0. The Morgan fingerprint density at radius 1 is 1.00 bits per heavy atom. The topological polar surface area (TPSA) is 45.3 Å². The Morgan fingerprint density at radius 3 is 2.31 bits per heavy atom. The maximum Gasteiger partial charge on any atom is 0.271 e. The molecule has 192 valence electrons. The van der Waals surface area contributed by atoms with Crippen LogP contribution in [-0.4, -0.2) is 60.1 Å². The van der Waals surface area contributed by atoms with Gasteiger partial charge in [-0.3, -0.25) is 9.69 Å². The van der Waals surface area contributed by atoms with Crippen molar-refractivity contribution in [2.45, 2.75) is 65.2 Å². The molecule has 0 saturated carbocycles. The van der Waals surface area contributed by atoms with Crippen LogP contribution in [0.2, 0.25) is 0 Å². The lowest BCUT2D eigenvalue weighted by atomic mass is 9.90. The lowest BCUT2D eigenvalue weighted by Crippen LogP contribution is -2.59. The van der Waals surface area contributed by atoms with Gasteiger partial charge in [0.05, 0.1) is 20.3 Å². The molecule has 2 saturated heterocycles. The van der Waals surface area contributed by atoms with Crippen LogP contribution in [0.4, 0.5) is 0 Å². The number of ether oxygens (including phenoxy) is 2. The molecule has 2 aromatic rings. The fraction of sp³-hybridized carbons (Fsp3) is 0.500. The van der Waals surface area contributed by atoms with Gasteiger partial charge in [0, 0.05) is 50.7 Å². The fourth-order valence-electron chi connectivity index (χ4n) is 6.90. The van der Waals surface area contributed by atoms with Crippen molar-refractivity contribution in [3.05, 3.63) is 69.9 Å². The Balaban J connectivity index is 1.48. The molecule has 5 rings (SSSR count). The van der Waals surface area contributed by atoms with Crippen molar-refractivity contribution in [1.29, 1.82) is 0 Å². The summed E-state index contributed by atoms with van der Waals surface area (Å²) in [5.74, 6) is 1.77. The quantitative estimate of drug-likeness (QED) is 0.593. The number of hydrogen-bond donors (Lipinski definition) is 0. The highest BCUT2D eigenvalue weighted by atomic mass is 16.5. The Morgan fingerprint density at radius 2 is 1.69 bits per heavy atom. The van der Waals surface area contributed by atoms with Gasteiger partial charge in [-0.05, 0) is 51.3 Å². The predicted molar refractivity (Wildman–Crippen MR) is 142 cm³/mol. The van der Waals surface area contributed by atoms with E-state index >= 15 is 0 Å². The van der Waals surface area contributed by atoms with Gasteiger partial charge in [0.15, 0.2) is 0 Å². The molecule has 6 nitrogen and oxygen atoms in total. The van der Waals surface area contributed by atoms with E-state index in [9.17, 15) is 4.79 Å². The molecule has 1 spiro atoms. The van der Waals surface area contributed by atoms with Crippen molar-refractivity contribution < 1.29 is 14.3 Å². The Labute approximate surface area is 215 Å². The average molecular weight is 490 g/mol. The molecule has 0 aromatic heterocycles. The van der Waals surface area contributed by atoms with Crippen LogP contribution >= 0.6 is 0 Å². The summed E-state index contributed by atoms with van der Waals surface area (Å²) in [7, 11) is 3.40. The second-order valence-corrected chi connectivity index (χ2v) is 10.5. The summed E-state index contributed by atoms with van der Waals surface area (Å²) in [6, 6.07) is 10.9. The van der Waals surface area contributed by atoms with Crippen LogP contribution in [-0.2, 0) is 17.8 Å². The summed E-state index contributed by atoms with van der Waals surface area (Å²) in [6.07, 6.45) is 4.67. The van der Waals surface area contributed by atoms with E-state index in [4.69, 9.17) is 9.47 Å². The third-order valence-electron chi connectivity index (χ3n) is 8.31. The standard InChI is InChI=1S/C30H39N3O3/c1-7-32-29(34)26-9-8-24-17-25(35-5)18-27(36-6)28(24)22(4)33(26)30(32)10-12-31(13-11-30)19-23-15-20(2)14-21(3)16-23/h9,14-18,22H,7-8,10-13,19H2,1-6H3/t22-/m0/s1. The summed E-state index contributed by atoms with van der Waals surface area (Å²) >= 11 is 0. The van der Waals surface area contributed by atoms with Gasteiger partial charge in [0.25, 0.3) is 5.91 Å². The van der Waals surface area contributed by atoms with Crippen LogP contribution in [0.5, 0.6) is 11.5 Å². The maximum absolute atomic E-state index is 13.8. The van der Waals surface area contributed by atoms with Crippen LogP contribution in [0.15, 0.2) is 42.1 Å². The zero-order valence-corrected chi connectivity index (χ0v) is 22.6. The number of carbonyl (C=O) groups is 1. The first-order valence-electron chi connectivity index (χ1n) is 13.2. The molecular formula is C30H39N3O3. The van der Waals surface area contributed by atoms with Gasteiger partial charge in [-0.25, -0.2) is 0 Å². The first-order chi connectivity index (χ1) is 17.3. The molecule has 2 fully saturated rings. The number of likely N-dealkylation sites (N-methyl/N-ethyl adjacent to an activating group) is 1. The zero-order chi connectivity index (χ0) is 25.6. The van der Waals surface area contributed by atoms with Crippen LogP contribution in [0, 0.1) is 13.8 Å². The highest BCUT2D eigenvalue weighted by Crippen LogP contribution is 2.50. The van der Waals surface area contributed by atoms with E-state index in [1.807, 2.05) is 6.07 Å². The number of amides is 1. The van der Waals surface area contributed by atoms with Crippen molar-refractivity contribution >= 4 is 5.91 Å². The highest BCUT2D eigenvalue weighted by molar-refractivity contribution is 5.96. The molecule has 0 unspecified atom stereocenters. The molecule has 36 heavy (non-hydrogen) atoms. The largest absolute Gasteiger partial charge is 0.497 e. The molecule has 1 atom stereocenters. The van der Waals surface area contributed by atoms with Gasteiger partial charge in [-0.15, -0.1) is 0 Å². The number of methoxy groups -OCH3 is 2. The third-order valence-corrected chi connectivity index (χ3v) is 8.31. The number of benzene rings is 2. The normalized spacial score (nSPS) is 21.2. The lowest BCUT2D eigenvalue weighted by Gasteiger charge is -2.51. The van der Waals surface area contributed by atoms with E-state index in [1.165, 1.54) is 22.3 Å². The summed E-state index contributed by atoms with van der Waals surface area (Å²) < 4.78 is 11.4. The summed E-state index contributed by atoms with van der Waals surface area (Å²) in [5.41, 5.74) is 6.84. The number of piperidine rings is 1. The first kappa shape index (κ1) is 24.7. The van der Waals surface area contributed by atoms with E-state index in [-0.39, 0.29) is 17.6 Å². The minimum absolute atomic E-state index is 0.0149. The van der Waals surface area contributed by atoms with Crippen LogP contribution < -0.4 is 9.47 Å². The number of nitrogens with zero attached hydrogens (tertiary/aromatic N) is 3. The fourth-order valence-corrected chi connectivity index (χ4v) is 6.90. The second-order valence-electron chi connectivity index (χ2n) is 10.5. The monoisotopic (exact) mass is 489 g/mol. The Kier molecular flexibility index (Phi) is 6.50. The zero-order valence-electron chi connectivity index (χ0n) is 22.6. The van der Waals surface area contributed by atoms with E-state index in [0.29, 0.717) is 13.0 Å². The van der Waals surface area contributed by atoms with Crippen molar-refractivity contribution in [3.8, 4) is 11.5 Å². The van der Waals surface area contributed by atoms with E-state index in [1.54, 1.807) is 14.2 Å². The molecule has 3 heterocycles. The first-order valence-corrected chi connectivity index (χ1v) is 13.2. The summed E-state index contributed by atoms with van der Waals surface area (Å²) in [4.78, 5) is 20.9. The minimum Gasteiger partial charge on any atom is -0.497 e. The molecule has 0 radical (unpaired) electrons. The number of aryl methyl sites for hydroxylation is 2. The van der Waals surface area contributed by atoms with Gasteiger partial charge in [-0.1, -0.05) is 35.4 Å². The van der Waals surface area contributed by atoms with Gasteiger partial charge in [-0.2, -0.15) is 0 Å². The summed E-state index contributed by atoms with van der Waals surface area (Å²) in [6.45, 7) is 12.3. The van der Waals surface area contributed by atoms with Crippen molar-refractivity contribution in [3.63, 3.8) is 0 Å². The maximum atomic E-state index is 13.8. The van der Waals surface area contributed by atoms with Gasteiger partial charge in [0.2, 0.25) is 0 Å². The average Bonchev–Trinajstić information content (AvgIpc) is 2.97. The van der Waals surface area contributed by atoms with Crippen molar-refractivity contribution in [1.82, 2.24) is 14.7 Å². The number of rotatable bonds is 5. The third kappa shape index (κ3) is 3.96. The second kappa shape index (κ2) is 9.47. The lowest BCUT2D eigenvalue weighted by molar-refractivity contribution is -0.133. The van der Waals surface area contributed by atoms with Crippen LogP contribution in [0.25, 0.3) is 0 Å². The molecule has 0 N–H and O–H groups in total. The van der Waals surface area contributed by atoms with E-state index < -0.39 is 0 Å². The SMILES string of the molecule is CCN1C(=O)C2=CCc3cc(OC)cc(OC)c3[C@H](C)N2C12CCN(Cc1cc(C)cc(C)c1)CC2. The molecule has 2 aromatic carbocycles.